The molecule has 0 atom stereocenters. The second-order valence-electron chi connectivity index (χ2n) is 12.9. The molecule has 0 N–H and O–H groups in total. The topological polar surface area (TPSA) is 65.3 Å². The van der Waals surface area contributed by atoms with Crippen molar-refractivity contribution in [3.05, 3.63) is 205 Å². The Bertz CT molecular complexity index is 2000. The summed E-state index contributed by atoms with van der Waals surface area (Å²) in [6.07, 6.45) is 0. The van der Waals surface area contributed by atoms with E-state index in [4.69, 9.17) is 0 Å². The number of aryl methyl sites for hydroxylation is 2. The van der Waals surface area contributed by atoms with Crippen molar-refractivity contribution >= 4 is 78.1 Å². The summed E-state index contributed by atoms with van der Waals surface area (Å²) in [6.45, 7) is 8.33. The van der Waals surface area contributed by atoms with E-state index >= 15 is 13.7 Å². The van der Waals surface area contributed by atoms with Gasteiger partial charge in [-0.2, -0.15) is 11.4 Å². The molecule has 0 aliphatic carbocycles. The molecule has 0 aliphatic heterocycles. The van der Waals surface area contributed by atoms with Crippen LogP contribution in [0.2, 0.25) is 0 Å². The van der Waals surface area contributed by atoms with E-state index in [0.29, 0.717) is 31.8 Å². The van der Waals surface area contributed by atoms with E-state index in [1.54, 1.807) is 0 Å². The molecule has 55 heavy (non-hydrogen) atoms. The van der Waals surface area contributed by atoms with Crippen LogP contribution in [0.3, 0.4) is 0 Å². The van der Waals surface area contributed by atoms with E-state index in [9.17, 15) is 0 Å². The molecule has 0 bridgehead atoms. The van der Waals surface area contributed by atoms with E-state index in [2.05, 4.69) is 32.7 Å². The molecule has 0 saturated heterocycles. The van der Waals surface area contributed by atoms with Crippen molar-refractivity contribution in [1.29, 1.82) is 0 Å². The van der Waals surface area contributed by atoms with Gasteiger partial charge >= 0.3 is 0 Å². The number of benzene rings is 6. The zero-order valence-electron chi connectivity index (χ0n) is 31.2. The first-order valence-electron chi connectivity index (χ1n) is 17.3. The zero-order chi connectivity index (χ0) is 36.8. The van der Waals surface area contributed by atoms with Crippen LogP contribution in [0.1, 0.15) is 22.5 Å². The van der Waals surface area contributed by atoms with Crippen molar-refractivity contribution in [1.82, 2.24) is 4.98 Å². The van der Waals surface area contributed by atoms with E-state index in [1.807, 2.05) is 182 Å². The SMILES string of the molecule is Cc1[n-]c(C)c(C)c1C.Cl.Cl.O=P(c1ccccc1)(c1ccccc1)C(P(=O)(c1ccccc1)c1ccccc1)P(=O)(c1ccccc1)c1ccccc1.[Zr]. The van der Waals surface area contributed by atoms with Crippen molar-refractivity contribution < 1.29 is 39.9 Å². The minimum absolute atomic E-state index is 0. The summed E-state index contributed by atoms with van der Waals surface area (Å²) in [6, 6.07) is 55.2. The van der Waals surface area contributed by atoms with Crippen LogP contribution in [0.5, 0.6) is 0 Å². The fraction of sp³-hybridized carbons (Fsp3) is 0.111. The average Bonchev–Trinajstić information content (AvgIpc) is 3.44. The van der Waals surface area contributed by atoms with Gasteiger partial charge in [0.2, 0.25) is 0 Å². The third-order valence-corrected chi connectivity index (χ3v) is 24.0. The van der Waals surface area contributed by atoms with Gasteiger partial charge in [0.25, 0.3) is 0 Å². The van der Waals surface area contributed by atoms with Gasteiger partial charge in [0.05, 0.1) is 0 Å². The van der Waals surface area contributed by atoms with E-state index in [-0.39, 0.29) is 51.0 Å². The molecule has 4 nitrogen and oxygen atoms in total. The Balaban J connectivity index is 0.000000598. The molecule has 0 unspecified atom stereocenters. The van der Waals surface area contributed by atoms with E-state index in [0.717, 1.165) is 0 Å². The van der Waals surface area contributed by atoms with Crippen molar-refractivity contribution in [2.75, 3.05) is 0 Å². The Morgan fingerprint density at radius 1 is 0.345 bits per heavy atom. The maximum Gasteiger partial charge on any atom is 0.161 e. The van der Waals surface area contributed by atoms with Crippen molar-refractivity contribution in [3.8, 4) is 0 Å². The van der Waals surface area contributed by atoms with Gasteiger partial charge in [-0.3, -0.25) is 0 Å². The van der Waals surface area contributed by atoms with Crippen LogP contribution >= 0.6 is 46.2 Å². The number of rotatable bonds is 9. The molecule has 0 spiro atoms. The van der Waals surface area contributed by atoms with Gasteiger partial charge in [-0.1, -0.05) is 207 Å². The molecule has 0 radical (unpaired) electrons. The van der Waals surface area contributed by atoms with Crippen molar-refractivity contribution in [2.24, 2.45) is 0 Å². The molecular formula is C45H45Cl2NO3P3Zr-. The minimum atomic E-state index is -3.97. The van der Waals surface area contributed by atoms with Crippen LogP contribution in [0.4, 0.5) is 0 Å². The van der Waals surface area contributed by atoms with Gasteiger partial charge in [0, 0.05) is 58.0 Å². The molecule has 6 aromatic carbocycles. The van der Waals surface area contributed by atoms with Crippen LogP contribution in [-0.4, -0.2) is 5.14 Å². The van der Waals surface area contributed by atoms with Crippen LogP contribution in [0.25, 0.3) is 0 Å². The van der Waals surface area contributed by atoms with Crippen molar-refractivity contribution in [2.45, 2.75) is 32.8 Å². The summed E-state index contributed by atoms with van der Waals surface area (Å²) in [5, 5.41) is 1.80. The number of halogens is 2. The molecule has 0 fully saturated rings. The average molecular weight is 903 g/mol. The third-order valence-electron chi connectivity index (χ3n) is 9.80. The zero-order valence-corrected chi connectivity index (χ0v) is 38.0. The fourth-order valence-electron chi connectivity index (χ4n) is 6.79. The predicted molar refractivity (Wildman–Crippen MR) is 236 cm³/mol. The second kappa shape index (κ2) is 20.3. The predicted octanol–water partition coefficient (Wildman–Crippen LogP) is 10.0. The number of aromatic nitrogens is 1. The Morgan fingerprint density at radius 3 is 0.636 bits per heavy atom. The van der Waals surface area contributed by atoms with Crippen molar-refractivity contribution in [3.63, 3.8) is 0 Å². The molecule has 0 saturated carbocycles. The van der Waals surface area contributed by atoms with Gasteiger partial charge in [0.15, 0.2) is 21.4 Å². The van der Waals surface area contributed by atoms with Gasteiger partial charge < -0.3 is 18.7 Å². The molecule has 10 heteroatoms. The summed E-state index contributed by atoms with van der Waals surface area (Å²) >= 11 is 0. The molecule has 0 amide bonds. The fourth-order valence-corrected chi connectivity index (χ4v) is 23.3. The van der Waals surface area contributed by atoms with Gasteiger partial charge in [-0.25, -0.2) is 0 Å². The molecule has 7 rings (SSSR count). The number of nitrogens with zero attached hydrogens (tertiary/aromatic N) is 1. The summed E-state index contributed by atoms with van der Waals surface area (Å²) in [7, 11) is -11.9. The van der Waals surface area contributed by atoms with Gasteiger partial charge in [-0.05, 0) is 13.8 Å². The maximum atomic E-state index is 16.6. The molecule has 7 aromatic rings. The summed E-state index contributed by atoms with van der Waals surface area (Å²) in [5.74, 6) is 0. The van der Waals surface area contributed by atoms with Crippen LogP contribution in [-0.2, 0) is 39.9 Å². The number of hydrogen-bond donors (Lipinski definition) is 0. The Hall–Kier alpha value is -3.25. The molecule has 282 valence electrons. The van der Waals surface area contributed by atoms with Crippen LogP contribution in [0, 0.1) is 27.7 Å². The smallest absolute Gasteiger partial charge is 0.161 e. The molecule has 0 aliphatic rings. The Labute approximate surface area is 357 Å². The summed E-state index contributed by atoms with van der Waals surface area (Å²) in [4.78, 5) is 4.31. The molecular weight excluding hydrogens is 858 g/mol. The number of hydrogen-bond acceptors (Lipinski definition) is 3. The molecule has 1 heterocycles. The largest absolute Gasteiger partial charge is 0.665 e. The first-order valence-corrected chi connectivity index (χ1v) is 22.7. The van der Waals surface area contributed by atoms with E-state index in [1.165, 1.54) is 22.5 Å². The summed E-state index contributed by atoms with van der Waals surface area (Å²) < 4.78 is 49.7. The van der Waals surface area contributed by atoms with Gasteiger partial charge in [-0.15, -0.1) is 24.8 Å². The van der Waals surface area contributed by atoms with Gasteiger partial charge in [0.1, 0.15) is 5.14 Å². The minimum Gasteiger partial charge on any atom is -0.665 e. The third kappa shape index (κ3) is 9.16. The van der Waals surface area contributed by atoms with Crippen LogP contribution < -0.4 is 36.8 Å². The first kappa shape index (κ1) is 46.1. The maximum absolute atomic E-state index is 16.6. The van der Waals surface area contributed by atoms with Crippen LogP contribution in [0.15, 0.2) is 182 Å². The normalized spacial score (nSPS) is 11.2. The monoisotopic (exact) mass is 900 g/mol. The quantitative estimate of drug-likeness (QED) is 0.135. The Kier molecular flexibility index (Phi) is 17.0. The Morgan fingerprint density at radius 2 is 0.509 bits per heavy atom. The first-order chi connectivity index (χ1) is 25.1. The second-order valence-corrected chi connectivity index (χ2v) is 22.7. The van der Waals surface area contributed by atoms with E-state index < -0.39 is 26.6 Å². The standard InChI is InChI=1S/C37H31O3P3.C8H12N.2ClH.Zr/c38-41(31-19-7-1-8-20-31,32-21-9-2-10-22-32)37(42(39,33-23-11-3-12-24-33)34-25-13-4-14-26-34)43(40,35-27-15-5-16-28-35)36-29-17-6-18-30-36;1-5-6(2)8(4)9-7(5)3;;;/h1-30,37H;1-4H3;2*1H;/q;-1;;;. The summed E-state index contributed by atoms with van der Waals surface area (Å²) in [5.41, 5.74) is 5.02. The molecule has 1 aromatic heterocycles.